The Hall–Kier alpha value is -3.03. The Bertz CT molecular complexity index is 870. The van der Waals surface area contributed by atoms with Crippen LogP contribution in [-0.4, -0.2) is 32.4 Å². The van der Waals surface area contributed by atoms with Gasteiger partial charge in [0, 0.05) is 6.42 Å². The Morgan fingerprint density at radius 3 is 2.77 bits per heavy atom. The fraction of sp³-hybridized carbons (Fsp3) is 0.214. The molecule has 8 heteroatoms. The molecule has 0 spiro atoms. The lowest BCUT2D eigenvalue weighted by Gasteiger charge is -2.22. The maximum absolute atomic E-state index is 12.5. The molecule has 22 heavy (non-hydrogen) atoms. The fourth-order valence-electron chi connectivity index (χ4n) is 2.51. The number of amides is 2. The van der Waals surface area contributed by atoms with Crippen LogP contribution in [0.15, 0.2) is 29.3 Å². The number of rotatable bonds is 2. The molecule has 0 saturated carbocycles. The third kappa shape index (κ3) is 2.14. The number of carboxylic acids is 1. The van der Waals surface area contributed by atoms with Crippen molar-refractivity contribution in [3.8, 4) is 0 Å². The molecule has 2 amide bonds. The third-order valence-corrected chi connectivity index (χ3v) is 3.59. The van der Waals surface area contributed by atoms with Crippen molar-refractivity contribution in [1.29, 1.82) is 0 Å². The third-order valence-electron chi connectivity index (χ3n) is 3.59. The Morgan fingerprint density at radius 2 is 2.09 bits per heavy atom. The van der Waals surface area contributed by atoms with Crippen LogP contribution in [-0.2, 0) is 9.59 Å². The van der Waals surface area contributed by atoms with Gasteiger partial charge in [-0.2, -0.15) is 0 Å². The summed E-state index contributed by atoms with van der Waals surface area (Å²) in [6.07, 6.45) is 1.49. The van der Waals surface area contributed by atoms with Gasteiger partial charge in [0.15, 0.2) is 0 Å². The molecule has 0 radical (unpaired) electrons. The molecule has 1 fully saturated rings. The van der Waals surface area contributed by atoms with Gasteiger partial charge in [0.25, 0.3) is 5.56 Å². The number of para-hydroxylation sites is 1. The molecule has 1 aliphatic heterocycles. The number of imide groups is 1. The number of hydrogen-bond acceptors (Lipinski definition) is 5. The molecule has 1 aromatic heterocycles. The summed E-state index contributed by atoms with van der Waals surface area (Å²) in [7, 11) is 0. The van der Waals surface area contributed by atoms with Crippen LogP contribution in [0.3, 0.4) is 0 Å². The van der Waals surface area contributed by atoms with E-state index in [9.17, 15) is 19.2 Å². The van der Waals surface area contributed by atoms with Crippen LogP contribution in [0.2, 0.25) is 0 Å². The van der Waals surface area contributed by atoms with E-state index in [0.29, 0.717) is 0 Å². The van der Waals surface area contributed by atoms with Gasteiger partial charge in [-0.25, -0.2) is 9.78 Å². The number of hydrogen-bond donors (Lipinski definition) is 2. The number of nitrogens with one attached hydrogen (secondary N) is 1. The highest BCUT2D eigenvalue weighted by Crippen LogP contribution is 2.19. The molecule has 0 bridgehead atoms. The number of carboxylic acid groups (broad SMARTS) is 1. The summed E-state index contributed by atoms with van der Waals surface area (Å²) in [6.45, 7) is 0. The zero-order valence-corrected chi connectivity index (χ0v) is 11.3. The molecule has 112 valence electrons. The average molecular weight is 301 g/mol. The molecule has 1 aliphatic rings. The van der Waals surface area contributed by atoms with Crippen molar-refractivity contribution in [2.75, 3.05) is 0 Å². The van der Waals surface area contributed by atoms with Crippen molar-refractivity contribution in [3.05, 3.63) is 40.4 Å². The highest BCUT2D eigenvalue weighted by molar-refractivity contribution is 6.02. The molecule has 1 saturated heterocycles. The van der Waals surface area contributed by atoms with Gasteiger partial charge in [0.05, 0.1) is 22.8 Å². The summed E-state index contributed by atoms with van der Waals surface area (Å²) >= 11 is 0. The van der Waals surface area contributed by atoms with Crippen LogP contribution in [0.4, 0.5) is 0 Å². The molecular weight excluding hydrogens is 290 g/mol. The van der Waals surface area contributed by atoms with Crippen LogP contribution in [0.25, 0.3) is 10.9 Å². The minimum atomic E-state index is -1.18. The molecule has 1 atom stereocenters. The summed E-state index contributed by atoms with van der Waals surface area (Å²) in [5.74, 6) is -2.12. The summed E-state index contributed by atoms with van der Waals surface area (Å²) in [5.41, 5.74) is -0.517. The molecule has 8 nitrogen and oxygen atoms in total. The van der Waals surface area contributed by atoms with E-state index in [2.05, 4.69) is 10.3 Å². The predicted octanol–water partition coefficient (Wildman–Crippen LogP) is 0.0724. The Kier molecular flexibility index (Phi) is 3.21. The lowest BCUT2D eigenvalue weighted by atomic mass is 10.1. The van der Waals surface area contributed by atoms with Gasteiger partial charge in [-0.3, -0.25) is 24.3 Å². The van der Waals surface area contributed by atoms with E-state index in [0.717, 1.165) is 10.9 Å². The maximum Gasteiger partial charge on any atom is 0.337 e. The molecule has 1 aromatic carbocycles. The molecule has 3 rings (SSSR count). The SMILES string of the molecule is O=C1CCC(n2cnc3c(C(=O)O)cccc3c2=O)C(=O)N1. The van der Waals surface area contributed by atoms with E-state index in [-0.39, 0.29) is 35.2 Å². The van der Waals surface area contributed by atoms with Crippen LogP contribution in [0.5, 0.6) is 0 Å². The first-order valence-corrected chi connectivity index (χ1v) is 6.56. The number of carbonyl (C=O) groups excluding carboxylic acids is 2. The second-order valence-corrected chi connectivity index (χ2v) is 4.93. The van der Waals surface area contributed by atoms with Gasteiger partial charge in [0.1, 0.15) is 6.04 Å². The van der Waals surface area contributed by atoms with Gasteiger partial charge < -0.3 is 5.11 Å². The van der Waals surface area contributed by atoms with Crippen LogP contribution in [0, 0.1) is 0 Å². The standard InChI is InChI=1S/C14H11N3O5/c18-10-5-4-9(12(19)16-10)17-6-15-11-7(13(17)20)2-1-3-8(11)14(21)22/h1-3,6,9H,4-5H2,(H,21,22)(H,16,18,19). The van der Waals surface area contributed by atoms with Crippen molar-refractivity contribution >= 4 is 28.7 Å². The summed E-state index contributed by atoms with van der Waals surface area (Å²) in [4.78, 5) is 50.7. The van der Waals surface area contributed by atoms with E-state index in [1.165, 1.54) is 18.2 Å². The van der Waals surface area contributed by atoms with Gasteiger partial charge in [0.2, 0.25) is 11.8 Å². The predicted molar refractivity (Wildman–Crippen MR) is 74.4 cm³/mol. The Labute approximate surface area is 123 Å². The van der Waals surface area contributed by atoms with Crippen LogP contribution < -0.4 is 10.9 Å². The summed E-state index contributed by atoms with van der Waals surface area (Å²) in [5, 5.41) is 11.4. The van der Waals surface area contributed by atoms with Gasteiger partial charge in [-0.05, 0) is 18.6 Å². The first kappa shape index (κ1) is 13.9. The van der Waals surface area contributed by atoms with Crippen molar-refractivity contribution in [3.63, 3.8) is 0 Å². The second kappa shape index (κ2) is 5.06. The smallest absolute Gasteiger partial charge is 0.337 e. The van der Waals surface area contributed by atoms with E-state index in [4.69, 9.17) is 5.11 Å². The molecule has 2 heterocycles. The van der Waals surface area contributed by atoms with Crippen LogP contribution in [0.1, 0.15) is 29.2 Å². The number of fused-ring (bicyclic) bond motifs is 1. The minimum Gasteiger partial charge on any atom is -0.478 e. The highest BCUT2D eigenvalue weighted by atomic mass is 16.4. The van der Waals surface area contributed by atoms with Gasteiger partial charge in [-0.1, -0.05) is 6.07 Å². The first-order valence-electron chi connectivity index (χ1n) is 6.56. The van der Waals surface area contributed by atoms with Crippen molar-refractivity contribution < 1.29 is 19.5 Å². The number of aromatic nitrogens is 2. The normalized spacial score (nSPS) is 18.3. The second-order valence-electron chi connectivity index (χ2n) is 4.93. The largest absolute Gasteiger partial charge is 0.478 e. The number of piperidine rings is 1. The number of nitrogens with zero attached hydrogens (tertiary/aromatic N) is 2. The maximum atomic E-state index is 12.5. The molecule has 1 unspecified atom stereocenters. The average Bonchev–Trinajstić information content (AvgIpc) is 2.48. The summed E-state index contributed by atoms with van der Waals surface area (Å²) < 4.78 is 1.13. The molecule has 2 N–H and O–H groups in total. The fourth-order valence-corrected chi connectivity index (χ4v) is 2.51. The quantitative estimate of drug-likeness (QED) is 0.758. The monoisotopic (exact) mass is 301 g/mol. The Morgan fingerprint density at radius 1 is 1.32 bits per heavy atom. The number of aromatic carboxylic acids is 1. The van der Waals surface area contributed by atoms with E-state index in [1.807, 2.05) is 0 Å². The topological polar surface area (TPSA) is 118 Å². The molecular formula is C14H11N3O5. The zero-order valence-electron chi connectivity index (χ0n) is 11.3. The zero-order chi connectivity index (χ0) is 15.9. The van der Waals surface area contributed by atoms with E-state index >= 15 is 0 Å². The van der Waals surface area contributed by atoms with Crippen molar-refractivity contribution in [2.45, 2.75) is 18.9 Å². The van der Waals surface area contributed by atoms with Crippen molar-refractivity contribution in [1.82, 2.24) is 14.9 Å². The first-order chi connectivity index (χ1) is 10.5. The van der Waals surface area contributed by atoms with E-state index < -0.39 is 23.5 Å². The number of benzene rings is 1. The van der Waals surface area contributed by atoms with E-state index in [1.54, 1.807) is 0 Å². The highest BCUT2D eigenvalue weighted by Gasteiger charge is 2.29. The summed E-state index contributed by atoms with van der Waals surface area (Å²) in [6, 6.07) is 3.44. The lowest BCUT2D eigenvalue weighted by Crippen LogP contribution is -2.44. The molecule has 2 aromatic rings. The van der Waals surface area contributed by atoms with Crippen LogP contribution >= 0.6 is 0 Å². The Balaban J connectivity index is 2.16. The number of carbonyl (C=O) groups is 3. The minimum absolute atomic E-state index is 0.0727. The molecule has 0 aliphatic carbocycles. The van der Waals surface area contributed by atoms with Gasteiger partial charge in [-0.15, -0.1) is 0 Å². The van der Waals surface area contributed by atoms with Crippen molar-refractivity contribution in [2.24, 2.45) is 0 Å². The lowest BCUT2D eigenvalue weighted by molar-refractivity contribution is -0.135. The van der Waals surface area contributed by atoms with Gasteiger partial charge >= 0.3 is 5.97 Å².